The highest BCUT2D eigenvalue weighted by atomic mass is 35.5. The minimum Gasteiger partial charge on any atom is -0.496 e. The number of hydrogen-bond donors (Lipinski definition) is 0. The van der Waals surface area contributed by atoms with Gasteiger partial charge in [-0.25, -0.2) is 0 Å². The highest BCUT2D eigenvalue weighted by Gasteiger charge is 2.33. The first-order valence-corrected chi connectivity index (χ1v) is 5.26. The van der Waals surface area contributed by atoms with Gasteiger partial charge in [0, 0.05) is 0 Å². The fraction of sp³-hybridized carbons (Fsp3) is 0.300. The monoisotopic (exact) mass is 286 g/mol. The van der Waals surface area contributed by atoms with E-state index in [-0.39, 0.29) is 22.2 Å². The van der Waals surface area contributed by atoms with E-state index in [4.69, 9.17) is 27.9 Å². The van der Waals surface area contributed by atoms with Crippen LogP contribution in [-0.4, -0.2) is 18.8 Å². The zero-order valence-electron chi connectivity index (χ0n) is 8.57. The molecule has 1 aromatic carbocycles. The van der Waals surface area contributed by atoms with Crippen molar-refractivity contribution in [2.75, 3.05) is 13.0 Å². The van der Waals surface area contributed by atoms with Crippen LogP contribution in [0.2, 0.25) is 5.02 Å². The standard InChI is InChI=1S/C10H7Cl2F3O2/c1-17-8-3-5(10(13,14)15)2-6(12)9(8)7(16)4-11/h2-3H,4H2,1H3. The lowest BCUT2D eigenvalue weighted by Gasteiger charge is -2.13. The van der Waals surface area contributed by atoms with Crippen LogP contribution < -0.4 is 4.74 Å². The van der Waals surface area contributed by atoms with Gasteiger partial charge < -0.3 is 4.74 Å². The van der Waals surface area contributed by atoms with Gasteiger partial charge >= 0.3 is 6.18 Å². The Morgan fingerprint density at radius 1 is 1.41 bits per heavy atom. The molecule has 0 heterocycles. The van der Waals surface area contributed by atoms with Gasteiger partial charge in [-0.1, -0.05) is 11.6 Å². The minimum atomic E-state index is -4.56. The molecule has 0 aliphatic carbocycles. The summed E-state index contributed by atoms with van der Waals surface area (Å²) in [6, 6.07) is 1.38. The Kier molecular flexibility index (Phi) is 4.27. The Labute approximate surface area is 105 Å². The van der Waals surface area contributed by atoms with E-state index in [9.17, 15) is 18.0 Å². The molecule has 7 heteroatoms. The minimum absolute atomic E-state index is 0.142. The molecule has 0 aliphatic heterocycles. The van der Waals surface area contributed by atoms with E-state index < -0.39 is 17.5 Å². The maximum Gasteiger partial charge on any atom is 0.416 e. The molecule has 0 unspecified atom stereocenters. The number of methoxy groups -OCH3 is 1. The average molecular weight is 287 g/mol. The van der Waals surface area contributed by atoms with E-state index in [0.29, 0.717) is 12.1 Å². The van der Waals surface area contributed by atoms with Gasteiger partial charge in [-0.2, -0.15) is 13.2 Å². The average Bonchev–Trinajstić information content (AvgIpc) is 2.25. The fourth-order valence-corrected chi connectivity index (χ4v) is 1.69. The van der Waals surface area contributed by atoms with E-state index in [1.165, 1.54) is 0 Å². The number of carbonyl (C=O) groups is 1. The number of halogens is 5. The smallest absolute Gasteiger partial charge is 0.416 e. The van der Waals surface area contributed by atoms with Gasteiger partial charge in [0.2, 0.25) is 0 Å². The van der Waals surface area contributed by atoms with Crippen LogP contribution >= 0.6 is 23.2 Å². The number of alkyl halides is 4. The van der Waals surface area contributed by atoms with Crippen LogP contribution in [0.3, 0.4) is 0 Å². The SMILES string of the molecule is COc1cc(C(F)(F)F)cc(Cl)c1C(=O)CCl. The van der Waals surface area contributed by atoms with Crippen molar-refractivity contribution < 1.29 is 22.7 Å². The Bertz CT molecular complexity index is 444. The first-order valence-electron chi connectivity index (χ1n) is 4.35. The Hall–Kier alpha value is -0.940. The third kappa shape index (κ3) is 3.04. The molecule has 0 saturated carbocycles. The number of hydrogen-bond acceptors (Lipinski definition) is 2. The molecule has 1 rings (SSSR count). The lowest BCUT2D eigenvalue weighted by molar-refractivity contribution is -0.137. The van der Waals surface area contributed by atoms with Crippen LogP contribution in [0.1, 0.15) is 15.9 Å². The molecule has 0 atom stereocenters. The molecule has 0 aromatic heterocycles. The van der Waals surface area contributed by atoms with Crippen molar-refractivity contribution in [2.24, 2.45) is 0 Å². The number of rotatable bonds is 3. The predicted molar refractivity (Wildman–Crippen MR) is 58.1 cm³/mol. The van der Waals surface area contributed by atoms with E-state index >= 15 is 0 Å². The molecule has 94 valence electrons. The van der Waals surface area contributed by atoms with E-state index in [2.05, 4.69) is 0 Å². The van der Waals surface area contributed by atoms with Gasteiger partial charge in [0.25, 0.3) is 0 Å². The van der Waals surface area contributed by atoms with Gasteiger partial charge in [-0.15, -0.1) is 11.6 Å². The van der Waals surface area contributed by atoms with Crippen molar-refractivity contribution in [1.82, 2.24) is 0 Å². The largest absolute Gasteiger partial charge is 0.496 e. The third-order valence-electron chi connectivity index (χ3n) is 2.00. The zero-order valence-corrected chi connectivity index (χ0v) is 10.1. The summed E-state index contributed by atoms with van der Waals surface area (Å²) in [4.78, 5) is 11.4. The van der Waals surface area contributed by atoms with Crippen LogP contribution in [0.5, 0.6) is 5.75 Å². The first-order chi connectivity index (χ1) is 7.81. The fourth-order valence-electron chi connectivity index (χ4n) is 1.24. The predicted octanol–water partition coefficient (Wildman–Crippen LogP) is 3.79. The second kappa shape index (κ2) is 5.14. The van der Waals surface area contributed by atoms with Crippen molar-refractivity contribution in [3.63, 3.8) is 0 Å². The van der Waals surface area contributed by atoms with Gasteiger partial charge in [0.05, 0.1) is 29.1 Å². The van der Waals surface area contributed by atoms with Gasteiger partial charge in [-0.05, 0) is 12.1 Å². The molecule has 17 heavy (non-hydrogen) atoms. The summed E-state index contributed by atoms with van der Waals surface area (Å²) in [6.45, 7) is 0. The van der Waals surface area contributed by atoms with Gasteiger partial charge in [-0.3, -0.25) is 4.79 Å². The van der Waals surface area contributed by atoms with Gasteiger partial charge in [0.15, 0.2) is 5.78 Å². The van der Waals surface area contributed by atoms with E-state index in [1.807, 2.05) is 0 Å². The Balaban J connectivity index is 3.41. The van der Waals surface area contributed by atoms with Crippen molar-refractivity contribution in [2.45, 2.75) is 6.18 Å². The molecule has 0 fully saturated rings. The molecular formula is C10H7Cl2F3O2. The van der Waals surface area contributed by atoms with E-state index in [1.54, 1.807) is 0 Å². The van der Waals surface area contributed by atoms with Crippen molar-refractivity contribution >= 4 is 29.0 Å². The third-order valence-corrected chi connectivity index (χ3v) is 2.54. The van der Waals surface area contributed by atoms with Gasteiger partial charge in [0.1, 0.15) is 5.75 Å². The van der Waals surface area contributed by atoms with Crippen molar-refractivity contribution in [3.05, 3.63) is 28.3 Å². The molecule has 0 bridgehead atoms. The molecule has 2 nitrogen and oxygen atoms in total. The quantitative estimate of drug-likeness (QED) is 0.624. The molecule has 0 saturated heterocycles. The number of carbonyl (C=O) groups excluding carboxylic acids is 1. The normalized spacial score (nSPS) is 11.4. The van der Waals surface area contributed by atoms with Crippen LogP contribution in [0.25, 0.3) is 0 Å². The molecule has 0 amide bonds. The number of ether oxygens (including phenoxy) is 1. The van der Waals surface area contributed by atoms with Crippen LogP contribution in [0.15, 0.2) is 12.1 Å². The molecule has 1 aromatic rings. The second-order valence-corrected chi connectivity index (χ2v) is 3.76. The zero-order chi connectivity index (χ0) is 13.2. The lowest BCUT2D eigenvalue weighted by atomic mass is 10.1. The molecule has 0 aliphatic rings. The Morgan fingerprint density at radius 2 is 2.00 bits per heavy atom. The van der Waals surface area contributed by atoms with E-state index in [0.717, 1.165) is 7.11 Å². The summed E-state index contributed by atoms with van der Waals surface area (Å²) in [7, 11) is 1.15. The first kappa shape index (κ1) is 14.1. The molecule has 0 radical (unpaired) electrons. The highest BCUT2D eigenvalue weighted by molar-refractivity contribution is 6.37. The van der Waals surface area contributed by atoms with Crippen molar-refractivity contribution in [3.8, 4) is 5.75 Å². The highest BCUT2D eigenvalue weighted by Crippen LogP contribution is 2.37. The summed E-state index contributed by atoms with van der Waals surface area (Å²) in [6.07, 6.45) is -4.56. The maximum atomic E-state index is 12.5. The lowest BCUT2D eigenvalue weighted by Crippen LogP contribution is -2.10. The van der Waals surface area contributed by atoms with Crippen LogP contribution in [0.4, 0.5) is 13.2 Å². The summed E-state index contributed by atoms with van der Waals surface area (Å²) in [5.41, 5.74) is -1.12. The summed E-state index contributed by atoms with van der Waals surface area (Å²) in [5.74, 6) is -1.22. The number of benzene rings is 1. The summed E-state index contributed by atoms with van der Waals surface area (Å²) < 4.78 is 42.1. The summed E-state index contributed by atoms with van der Waals surface area (Å²) >= 11 is 11.0. The van der Waals surface area contributed by atoms with Crippen LogP contribution in [0, 0.1) is 0 Å². The number of Topliss-reactive ketones (excluding diaryl/α,β-unsaturated/α-hetero) is 1. The molecule has 0 spiro atoms. The van der Waals surface area contributed by atoms with Crippen molar-refractivity contribution in [1.29, 1.82) is 0 Å². The molecule has 0 N–H and O–H groups in total. The maximum absolute atomic E-state index is 12.5. The number of ketones is 1. The second-order valence-electron chi connectivity index (χ2n) is 3.09. The summed E-state index contributed by atoms with van der Waals surface area (Å²) in [5, 5.41) is -0.331. The topological polar surface area (TPSA) is 26.3 Å². The van der Waals surface area contributed by atoms with Crippen LogP contribution in [-0.2, 0) is 6.18 Å². The molecular weight excluding hydrogens is 280 g/mol. The Morgan fingerprint density at radius 3 is 2.41 bits per heavy atom.